The van der Waals surface area contributed by atoms with Crippen LogP contribution in [0.15, 0.2) is 35.1 Å². The highest BCUT2D eigenvalue weighted by atomic mass is 16.5. The van der Waals surface area contributed by atoms with Gasteiger partial charge in [-0.05, 0) is 13.3 Å². The van der Waals surface area contributed by atoms with Gasteiger partial charge in [-0.25, -0.2) is 4.79 Å². The molecule has 10 nitrogen and oxygen atoms in total. The Hall–Kier alpha value is -3.27. The number of rotatable bonds is 11. The molecule has 2 aromatic rings. The Morgan fingerprint density at radius 1 is 1.14 bits per heavy atom. The predicted molar refractivity (Wildman–Crippen MR) is 106 cm³/mol. The van der Waals surface area contributed by atoms with E-state index < -0.39 is 11.9 Å². The zero-order valence-corrected chi connectivity index (χ0v) is 16.8. The molecule has 2 rings (SSSR count). The van der Waals surface area contributed by atoms with Crippen LogP contribution >= 0.6 is 0 Å². The van der Waals surface area contributed by atoms with E-state index in [0.717, 1.165) is 0 Å². The minimum Gasteiger partial charge on any atom is -0.497 e. The van der Waals surface area contributed by atoms with Crippen LogP contribution in [0.4, 0.5) is 16.3 Å². The highest BCUT2D eigenvalue weighted by Gasteiger charge is 2.18. The SMILES string of the molecule is CCOCCCN(CC(=O)Nc1ccon1)C(=O)Nc1cc(OC)cc(OC)c1. The van der Waals surface area contributed by atoms with Crippen LogP contribution in [0.3, 0.4) is 0 Å². The number of hydrogen-bond donors (Lipinski definition) is 2. The van der Waals surface area contributed by atoms with Gasteiger partial charge < -0.3 is 34.3 Å². The van der Waals surface area contributed by atoms with E-state index in [1.54, 1.807) is 18.2 Å². The second-order valence-corrected chi connectivity index (χ2v) is 5.94. The molecule has 1 aromatic carbocycles. The summed E-state index contributed by atoms with van der Waals surface area (Å²) < 4.78 is 20.4. The van der Waals surface area contributed by atoms with Crippen molar-refractivity contribution >= 4 is 23.4 Å². The Labute approximate surface area is 169 Å². The Morgan fingerprint density at radius 3 is 2.45 bits per heavy atom. The maximum Gasteiger partial charge on any atom is 0.322 e. The average Bonchev–Trinajstić information content (AvgIpc) is 3.22. The quantitative estimate of drug-likeness (QED) is 0.551. The van der Waals surface area contributed by atoms with Crippen LogP contribution in [0.1, 0.15) is 13.3 Å². The molecule has 158 valence electrons. The van der Waals surface area contributed by atoms with Gasteiger partial charge in [-0.15, -0.1) is 0 Å². The molecule has 0 fully saturated rings. The first-order chi connectivity index (χ1) is 14.0. The van der Waals surface area contributed by atoms with Gasteiger partial charge in [-0.1, -0.05) is 5.16 Å². The van der Waals surface area contributed by atoms with Gasteiger partial charge in [-0.2, -0.15) is 0 Å². The molecule has 0 aliphatic heterocycles. The number of aromatic nitrogens is 1. The summed E-state index contributed by atoms with van der Waals surface area (Å²) in [7, 11) is 3.04. The van der Waals surface area contributed by atoms with Crippen molar-refractivity contribution in [2.75, 3.05) is 51.2 Å². The number of hydrogen-bond acceptors (Lipinski definition) is 7. The van der Waals surface area contributed by atoms with Crippen molar-refractivity contribution in [2.24, 2.45) is 0 Å². The van der Waals surface area contributed by atoms with Gasteiger partial charge in [0.25, 0.3) is 0 Å². The maximum absolute atomic E-state index is 12.8. The number of amides is 3. The van der Waals surface area contributed by atoms with Crippen LogP contribution in [0.25, 0.3) is 0 Å². The summed E-state index contributed by atoms with van der Waals surface area (Å²) in [6, 6.07) is 6.09. The molecule has 0 aliphatic rings. The van der Waals surface area contributed by atoms with E-state index in [4.69, 9.17) is 14.2 Å². The van der Waals surface area contributed by atoms with Gasteiger partial charge in [0.2, 0.25) is 5.91 Å². The van der Waals surface area contributed by atoms with Gasteiger partial charge in [0.1, 0.15) is 24.3 Å². The van der Waals surface area contributed by atoms with E-state index in [-0.39, 0.29) is 12.4 Å². The van der Waals surface area contributed by atoms with Crippen LogP contribution in [0, 0.1) is 0 Å². The first-order valence-electron chi connectivity index (χ1n) is 9.12. The van der Waals surface area contributed by atoms with Crippen molar-refractivity contribution in [1.29, 1.82) is 0 Å². The summed E-state index contributed by atoms with van der Waals surface area (Å²) >= 11 is 0. The number of nitrogens with zero attached hydrogens (tertiary/aromatic N) is 2. The molecule has 29 heavy (non-hydrogen) atoms. The molecule has 2 N–H and O–H groups in total. The molecule has 0 atom stereocenters. The normalized spacial score (nSPS) is 10.3. The van der Waals surface area contributed by atoms with Gasteiger partial charge in [0, 0.05) is 49.7 Å². The van der Waals surface area contributed by atoms with Gasteiger partial charge in [0.15, 0.2) is 5.82 Å². The monoisotopic (exact) mass is 406 g/mol. The van der Waals surface area contributed by atoms with Crippen LogP contribution in [-0.4, -0.2) is 62.5 Å². The highest BCUT2D eigenvalue weighted by molar-refractivity contribution is 5.96. The molecule has 0 unspecified atom stereocenters. The Kier molecular flexibility index (Phi) is 8.77. The Bertz CT molecular complexity index is 759. The number of urea groups is 1. The van der Waals surface area contributed by atoms with Crippen molar-refractivity contribution < 1.29 is 28.3 Å². The van der Waals surface area contributed by atoms with Crippen molar-refractivity contribution in [3.8, 4) is 11.5 Å². The molecule has 3 amide bonds. The minimum atomic E-state index is -0.438. The summed E-state index contributed by atoms with van der Waals surface area (Å²) in [5.74, 6) is 0.952. The molecular weight excluding hydrogens is 380 g/mol. The molecule has 0 aliphatic carbocycles. The lowest BCUT2D eigenvalue weighted by Gasteiger charge is -2.22. The van der Waals surface area contributed by atoms with Crippen LogP contribution in [0.2, 0.25) is 0 Å². The van der Waals surface area contributed by atoms with Crippen molar-refractivity contribution in [1.82, 2.24) is 10.1 Å². The average molecular weight is 406 g/mol. The fourth-order valence-electron chi connectivity index (χ4n) is 2.47. The lowest BCUT2D eigenvalue weighted by molar-refractivity contribution is -0.116. The van der Waals surface area contributed by atoms with Gasteiger partial charge in [0.05, 0.1) is 14.2 Å². The zero-order chi connectivity index (χ0) is 21.1. The fourth-order valence-corrected chi connectivity index (χ4v) is 2.47. The predicted octanol–water partition coefficient (Wildman–Crippen LogP) is 2.59. The Balaban J connectivity index is 2.05. The van der Waals surface area contributed by atoms with E-state index in [2.05, 4.69) is 20.3 Å². The highest BCUT2D eigenvalue weighted by Crippen LogP contribution is 2.26. The lowest BCUT2D eigenvalue weighted by atomic mass is 10.2. The third-order valence-electron chi connectivity index (χ3n) is 3.85. The van der Waals surface area contributed by atoms with E-state index in [1.165, 1.54) is 31.4 Å². The number of benzene rings is 1. The van der Waals surface area contributed by atoms with E-state index in [1.807, 2.05) is 6.92 Å². The Morgan fingerprint density at radius 2 is 1.86 bits per heavy atom. The number of anilines is 2. The second-order valence-electron chi connectivity index (χ2n) is 5.94. The molecule has 0 spiro atoms. The van der Waals surface area contributed by atoms with E-state index in [0.29, 0.717) is 43.4 Å². The van der Waals surface area contributed by atoms with Crippen LogP contribution in [-0.2, 0) is 9.53 Å². The maximum atomic E-state index is 12.8. The first-order valence-corrected chi connectivity index (χ1v) is 9.12. The molecule has 0 bridgehead atoms. The third-order valence-corrected chi connectivity index (χ3v) is 3.85. The van der Waals surface area contributed by atoms with Crippen molar-refractivity contribution in [3.05, 3.63) is 30.5 Å². The second kappa shape index (κ2) is 11.5. The summed E-state index contributed by atoms with van der Waals surface area (Å²) in [5.41, 5.74) is 0.484. The number of nitrogens with one attached hydrogen (secondary N) is 2. The number of carbonyl (C=O) groups is 2. The largest absolute Gasteiger partial charge is 0.497 e. The smallest absolute Gasteiger partial charge is 0.322 e. The molecule has 0 radical (unpaired) electrons. The summed E-state index contributed by atoms with van der Waals surface area (Å²) in [4.78, 5) is 26.5. The van der Waals surface area contributed by atoms with E-state index >= 15 is 0 Å². The van der Waals surface area contributed by atoms with Gasteiger partial charge >= 0.3 is 6.03 Å². The lowest BCUT2D eigenvalue weighted by Crippen LogP contribution is -2.41. The van der Waals surface area contributed by atoms with Crippen LogP contribution < -0.4 is 20.1 Å². The number of carbonyl (C=O) groups excluding carboxylic acids is 2. The van der Waals surface area contributed by atoms with Gasteiger partial charge in [-0.3, -0.25) is 4.79 Å². The molecule has 1 heterocycles. The molecule has 10 heteroatoms. The molecule has 0 saturated heterocycles. The molecule has 1 aromatic heterocycles. The topological polar surface area (TPSA) is 115 Å². The third kappa shape index (κ3) is 7.34. The van der Waals surface area contributed by atoms with Crippen LogP contribution in [0.5, 0.6) is 11.5 Å². The van der Waals surface area contributed by atoms with Crippen molar-refractivity contribution in [3.63, 3.8) is 0 Å². The standard InChI is InChI=1S/C19H26N4O6/c1-4-28-8-5-7-23(13-18(24)21-17-6-9-29-22-17)19(25)20-14-10-15(26-2)12-16(11-14)27-3/h6,9-12H,4-5,7-8,13H2,1-3H3,(H,20,25)(H,21,22,24). The number of methoxy groups -OCH3 is 2. The molecule has 0 saturated carbocycles. The summed E-state index contributed by atoms with van der Waals surface area (Å²) in [6.45, 7) is 3.14. The van der Waals surface area contributed by atoms with E-state index in [9.17, 15) is 9.59 Å². The fraction of sp³-hybridized carbons (Fsp3) is 0.421. The molecular formula is C19H26N4O6. The first kappa shape index (κ1) is 22.0. The summed E-state index contributed by atoms with van der Waals surface area (Å²) in [6.07, 6.45) is 1.93. The summed E-state index contributed by atoms with van der Waals surface area (Å²) in [5, 5.41) is 8.97. The minimum absolute atomic E-state index is 0.161. The van der Waals surface area contributed by atoms with Crippen molar-refractivity contribution in [2.45, 2.75) is 13.3 Å². The number of ether oxygens (including phenoxy) is 3. The zero-order valence-electron chi connectivity index (χ0n) is 16.8.